The van der Waals surface area contributed by atoms with Crippen LogP contribution in [0.4, 0.5) is 4.79 Å². The summed E-state index contributed by atoms with van der Waals surface area (Å²) in [5, 5.41) is 0. The lowest BCUT2D eigenvalue weighted by Crippen LogP contribution is -2.44. The Morgan fingerprint density at radius 3 is 2.49 bits per heavy atom. The SMILES string of the molecule is Cc1ccc2c(c1)O[C@@H](CN1CCC(CCN3C(=O)OC[C@@H]3Cc3ccccc3)CC1)CO2.S.S. The largest absolute Gasteiger partial charge is 0.486 e. The molecule has 5 rings (SSSR count). The first-order valence-electron chi connectivity index (χ1n) is 12.2. The summed E-state index contributed by atoms with van der Waals surface area (Å²) in [6, 6.07) is 16.6. The highest BCUT2D eigenvalue weighted by Gasteiger charge is 2.33. The predicted molar refractivity (Wildman–Crippen MR) is 148 cm³/mol. The molecule has 0 bridgehead atoms. The van der Waals surface area contributed by atoms with E-state index in [2.05, 4.69) is 48.2 Å². The van der Waals surface area contributed by atoms with Crippen LogP contribution in [0.15, 0.2) is 48.5 Å². The second-order valence-corrected chi connectivity index (χ2v) is 9.65. The van der Waals surface area contributed by atoms with Gasteiger partial charge in [-0.25, -0.2) is 4.79 Å². The molecule has 192 valence electrons. The average molecular weight is 519 g/mol. The smallest absolute Gasteiger partial charge is 0.410 e. The molecule has 0 N–H and O–H groups in total. The third kappa shape index (κ3) is 7.02. The topological polar surface area (TPSA) is 51.2 Å². The summed E-state index contributed by atoms with van der Waals surface area (Å²) >= 11 is 0. The van der Waals surface area contributed by atoms with E-state index in [1.807, 2.05) is 17.0 Å². The minimum Gasteiger partial charge on any atom is -0.486 e. The number of nitrogens with zero attached hydrogens (tertiary/aromatic N) is 2. The van der Waals surface area contributed by atoms with Gasteiger partial charge in [-0.15, -0.1) is 0 Å². The van der Waals surface area contributed by atoms with E-state index in [1.165, 1.54) is 11.1 Å². The van der Waals surface area contributed by atoms with Crippen molar-refractivity contribution in [1.29, 1.82) is 0 Å². The van der Waals surface area contributed by atoms with Gasteiger partial charge in [0.15, 0.2) is 11.5 Å². The van der Waals surface area contributed by atoms with E-state index in [9.17, 15) is 4.79 Å². The van der Waals surface area contributed by atoms with Gasteiger partial charge in [-0.2, -0.15) is 27.0 Å². The lowest BCUT2D eigenvalue weighted by molar-refractivity contribution is 0.0465. The summed E-state index contributed by atoms with van der Waals surface area (Å²) in [5.41, 5.74) is 2.44. The fourth-order valence-corrected chi connectivity index (χ4v) is 5.20. The van der Waals surface area contributed by atoms with Crippen molar-refractivity contribution in [2.24, 2.45) is 5.92 Å². The van der Waals surface area contributed by atoms with Crippen molar-refractivity contribution in [3.8, 4) is 11.5 Å². The zero-order chi connectivity index (χ0) is 22.6. The Morgan fingerprint density at radius 1 is 0.943 bits per heavy atom. The molecule has 0 unspecified atom stereocenters. The van der Waals surface area contributed by atoms with E-state index in [0.29, 0.717) is 19.1 Å². The maximum absolute atomic E-state index is 12.3. The van der Waals surface area contributed by atoms with Gasteiger partial charge in [0.2, 0.25) is 0 Å². The van der Waals surface area contributed by atoms with Gasteiger partial charge in [0.25, 0.3) is 0 Å². The second-order valence-electron chi connectivity index (χ2n) is 9.65. The average Bonchev–Trinajstić information content (AvgIpc) is 3.18. The molecular weight excluding hydrogens is 480 g/mol. The third-order valence-electron chi connectivity index (χ3n) is 7.15. The molecule has 8 heteroatoms. The number of hydrogen-bond donors (Lipinski definition) is 0. The van der Waals surface area contributed by atoms with Crippen LogP contribution < -0.4 is 9.47 Å². The molecule has 0 radical (unpaired) electrons. The van der Waals surface area contributed by atoms with Crippen molar-refractivity contribution >= 4 is 33.1 Å². The van der Waals surface area contributed by atoms with Gasteiger partial charge in [-0.1, -0.05) is 36.4 Å². The highest BCUT2D eigenvalue weighted by molar-refractivity contribution is 7.59. The van der Waals surface area contributed by atoms with Crippen LogP contribution in [0, 0.1) is 12.8 Å². The van der Waals surface area contributed by atoms with Gasteiger partial charge in [0.05, 0.1) is 6.04 Å². The number of fused-ring (bicyclic) bond motifs is 1. The Morgan fingerprint density at radius 2 is 1.71 bits per heavy atom. The van der Waals surface area contributed by atoms with Crippen LogP contribution in [-0.2, 0) is 11.2 Å². The van der Waals surface area contributed by atoms with Crippen LogP contribution in [0.2, 0.25) is 0 Å². The molecule has 0 aliphatic carbocycles. The van der Waals surface area contributed by atoms with E-state index >= 15 is 0 Å². The number of hydrogen-bond acceptors (Lipinski definition) is 5. The summed E-state index contributed by atoms with van der Waals surface area (Å²) < 4.78 is 17.5. The standard InChI is InChI=1S/C27H34N2O4.2H2S/c1-20-7-8-25-26(15-20)33-24(19-31-25)17-28-12-9-21(10-13-28)11-14-29-23(18-32-27(29)30)16-22-5-3-2-4-6-22;;/h2-8,15,21,23-24H,9-14,16-19H2,1H3;2*1H2/t23-,24-;;/m0../s1. The zero-order valence-electron chi connectivity index (χ0n) is 20.4. The predicted octanol–water partition coefficient (Wildman–Crippen LogP) is 4.53. The number of aryl methyl sites for hydroxylation is 1. The zero-order valence-corrected chi connectivity index (χ0v) is 22.4. The fraction of sp³-hybridized carbons (Fsp3) is 0.519. The van der Waals surface area contributed by atoms with Crippen LogP contribution >= 0.6 is 27.0 Å². The van der Waals surface area contributed by atoms with Crippen LogP contribution in [-0.4, -0.2) is 67.4 Å². The summed E-state index contributed by atoms with van der Waals surface area (Å²) in [4.78, 5) is 16.7. The van der Waals surface area contributed by atoms with Crippen molar-refractivity contribution in [3.05, 3.63) is 59.7 Å². The van der Waals surface area contributed by atoms with Crippen molar-refractivity contribution in [1.82, 2.24) is 9.80 Å². The fourth-order valence-electron chi connectivity index (χ4n) is 5.20. The monoisotopic (exact) mass is 518 g/mol. The molecule has 3 heterocycles. The number of likely N-dealkylation sites (tertiary alicyclic amines) is 1. The quantitative estimate of drug-likeness (QED) is 0.539. The Bertz CT molecular complexity index is 953. The number of carbonyl (C=O) groups is 1. The molecule has 6 nitrogen and oxygen atoms in total. The number of carbonyl (C=O) groups excluding carboxylic acids is 1. The minimum atomic E-state index is -0.154. The van der Waals surface area contributed by atoms with E-state index < -0.39 is 0 Å². The Hall–Kier alpha value is -2.03. The first-order valence-corrected chi connectivity index (χ1v) is 12.2. The molecule has 0 saturated carbocycles. The van der Waals surface area contributed by atoms with Gasteiger partial charge in [-0.3, -0.25) is 4.90 Å². The molecule has 0 aromatic heterocycles. The summed E-state index contributed by atoms with van der Waals surface area (Å²) in [5.74, 6) is 2.36. The number of ether oxygens (including phenoxy) is 3. The maximum atomic E-state index is 12.3. The minimum absolute atomic E-state index is 0. The molecule has 2 aromatic rings. The molecular formula is C27H38N2O4S2. The van der Waals surface area contributed by atoms with Crippen molar-refractivity contribution in [2.75, 3.05) is 39.4 Å². The molecule has 1 amide bonds. The molecule has 3 aliphatic heterocycles. The van der Waals surface area contributed by atoms with Crippen LogP contribution in [0.1, 0.15) is 30.4 Å². The molecule has 3 aliphatic rings. The first-order chi connectivity index (χ1) is 16.1. The third-order valence-corrected chi connectivity index (χ3v) is 7.15. The van der Waals surface area contributed by atoms with Crippen molar-refractivity contribution in [2.45, 2.75) is 44.8 Å². The lowest BCUT2D eigenvalue weighted by atomic mass is 9.93. The molecule has 2 aromatic carbocycles. The Labute approximate surface area is 222 Å². The van der Waals surface area contributed by atoms with Gasteiger partial charge in [-0.05, 0) is 74.9 Å². The van der Waals surface area contributed by atoms with Gasteiger partial charge < -0.3 is 19.1 Å². The molecule has 35 heavy (non-hydrogen) atoms. The lowest BCUT2D eigenvalue weighted by Gasteiger charge is -2.36. The van der Waals surface area contributed by atoms with Gasteiger partial charge >= 0.3 is 6.09 Å². The highest BCUT2D eigenvalue weighted by atomic mass is 32.1. The molecule has 2 fully saturated rings. The van der Waals surface area contributed by atoms with E-state index in [1.54, 1.807) is 0 Å². The number of rotatable bonds is 7. The number of piperidine rings is 1. The number of cyclic esters (lactones) is 1. The maximum Gasteiger partial charge on any atom is 0.410 e. The molecule has 0 spiro atoms. The number of amides is 1. The van der Waals surface area contributed by atoms with Crippen molar-refractivity contribution in [3.63, 3.8) is 0 Å². The Balaban J connectivity index is 0.00000171. The molecule has 2 saturated heterocycles. The van der Waals surface area contributed by atoms with Crippen LogP contribution in [0.25, 0.3) is 0 Å². The van der Waals surface area contributed by atoms with Crippen molar-refractivity contribution < 1.29 is 19.0 Å². The van der Waals surface area contributed by atoms with E-state index in [0.717, 1.165) is 63.4 Å². The summed E-state index contributed by atoms with van der Waals surface area (Å²) in [6.45, 7) is 7.01. The van der Waals surface area contributed by atoms with Gasteiger partial charge in [0, 0.05) is 13.1 Å². The van der Waals surface area contributed by atoms with Crippen LogP contribution in [0.5, 0.6) is 11.5 Å². The first kappa shape index (κ1) is 27.6. The van der Waals surface area contributed by atoms with E-state index in [-0.39, 0.29) is 45.2 Å². The second kappa shape index (κ2) is 12.8. The molecule has 2 atom stereocenters. The summed E-state index contributed by atoms with van der Waals surface area (Å²) in [7, 11) is 0. The normalized spacial score (nSPS) is 22.2. The number of benzene rings is 2. The highest BCUT2D eigenvalue weighted by Crippen LogP contribution is 2.33. The van der Waals surface area contributed by atoms with Crippen LogP contribution in [0.3, 0.4) is 0 Å². The summed E-state index contributed by atoms with van der Waals surface area (Å²) in [6.07, 6.45) is 4.15. The van der Waals surface area contributed by atoms with Gasteiger partial charge in [0.1, 0.15) is 19.3 Å². The Kier molecular flexibility index (Phi) is 10.1. The van der Waals surface area contributed by atoms with E-state index in [4.69, 9.17) is 14.2 Å².